The minimum atomic E-state index is -0.365. The average molecular weight is 354 g/mol. The van der Waals surface area contributed by atoms with Gasteiger partial charge in [-0.25, -0.2) is 4.79 Å². The van der Waals surface area contributed by atoms with Crippen LogP contribution in [0.25, 0.3) is 10.9 Å². The van der Waals surface area contributed by atoms with Gasteiger partial charge in [-0.05, 0) is 32.4 Å². The molecule has 5 heteroatoms. The van der Waals surface area contributed by atoms with Gasteiger partial charge < -0.3 is 14.2 Å². The van der Waals surface area contributed by atoms with Crippen molar-refractivity contribution < 1.29 is 9.53 Å². The van der Waals surface area contributed by atoms with E-state index in [1.165, 1.54) is 18.9 Å². The van der Waals surface area contributed by atoms with Crippen molar-refractivity contribution in [2.75, 3.05) is 7.05 Å². The molecule has 0 N–H and O–H groups in total. The van der Waals surface area contributed by atoms with E-state index >= 15 is 0 Å². The molecule has 0 aliphatic carbocycles. The molecule has 2 aromatic rings. The van der Waals surface area contributed by atoms with Gasteiger partial charge in [0.2, 0.25) is 0 Å². The number of nitrogens with zero attached hydrogens (tertiary/aromatic N) is 2. The van der Waals surface area contributed by atoms with Crippen molar-refractivity contribution in [2.45, 2.75) is 63.8 Å². The number of hydrogen-bond donors (Lipinski definition) is 0. The molecule has 2 atom stereocenters. The van der Waals surface area contributed by atoms with Crippen LogP contribution in [0.2, 0.25) is 0 Å². The van der Waals surface area contributed by atoms with Crippen LogP contribution < -0.4 is 5.56 Å². The van der Waals surface area contributed by atoms with Gasteiger partial charge in [-0.1, -0.05) is 25.1 Å². The van der Waals surface area contributed by atoms with Crippen LogP contribution in [0.4, 0.5) is 0 Å². The molecular weight excluding hydrogens is 328 g/mol. The smallest absolute Gasteiger partial charge is 0.339 e. The molecule has 2 fully saturated rings. The second-order valence-electron chi connectivity index (χ2n) is 7.61. The van der Waals surface area contributed by atoms with Crippen LogP contribution in [0.15, 0.2) is 35.1 Å². The van der Waals surface area contributed by atoms with E-state index < -0.39 is 0 Å². The van der Waals surface area contributed by atoms with Crippen molar-refractivity contribution in [3.05, 3.63) is 46.2 Å². The van der Waals surface area contributed by atoms with Crippen LogP contribution in [0, 0.1) is 0 Å². The van der Waals surface area contributed by atoms with E-state index in [1.54, 1.807) is 4.57 Å². The van der Waals surface area contributed by atoms with Gasteiger partial charge in [0.15, 0.2) is 0 Å². The number of pyridine rings is 1. The van der Waals surface area contributed by atoms with Gasteiger partial charge >= 0.3 is 5.97 Å². The van der Waals surface area contributed by atoms with E-state index in [4.69, 9.17) is 4.74 Å². The summed E-state index contributed by atoms with van der Waals surface area (Å²) in [6.07, 6.45) is 4.98. The largest absolute Gasteiger partial charge is 0.459 e. The fraction of sp³-hybridized carbons (Fsp3) is 0.524. The summed E-state index contributed by atoms with van der Waals surface area (Å²) < 4.78 is 7.59. The number of para-hydroxylation sites is 1. The number of carbonyl (C=O) groups is 1. The standard InChI is InChI=1S/C21H26N2O3/c1-3-10-23-19-7-5-4-6-17(19)18(13-20(23)24)21(25)26-16-11-14-8-9-15(12-16)22(14)2/h4-7,13-16H,3,8-12H2,1-2H3. The van der Waals surface area contributed by atoms with Crippen LogP contribution in [0.1, 0.15) is 49.4 Å². The Kier molecular flexibility index (Phi) is 4.57. The molecule has 1 aromatic carbocycles. The first kappa shape index (κ1) is 17.3. The zero-order valence-electron chi connectivity index (χ0n) is 15.5. The number of esters is 1. The highest BCUT2D eigenvalue weighted by atomic mass is 16.5. The monoisotopic (exact) mass is 354 g/mol. The van der Waals surface area contributed by atoms with E-state index in [9.17, 15) is 9.59 Å². The molecule has 0 spiro atoms. The van der Waals surface area contributed by atoms with Crippen molar-refractivity contribution in [3.63, 3.8) is 0 Å². The number of aromatic nitrogens is 1. The maximum atomic E-state index is 12.9. The van der Waals surface area contributed by atoms with Gasteiger partial charge in [0.05, 0.1) is 11.1 Å². The predicted molar refractivity (Wildman–Crippen MR) is 102 cm³/mol. The number of hydrogen-bond acceptors (Lipinski definition) is 4. The predicted octanol–water partition coefficient (Wildman–Crippen LogP) is 3.19. The first-order valence-corrected chi connectivity index (χ1v) is 9.64. The second-order valence-corrected chi connectivity index (χ2v) is 7.61. The van der Waals surface area contributed by atoms with Crippen molar-refractivity contribution in [1.82, 2.24) is 9.47 Å². The first-order chi connectivity index (χ1) is 12.6. The Balaban J connectivity index is 1.63. The van der Waals surface area contributed by atoms with Crippen LogP contribution in [0.3, 0.4) is 0 Å². The number of carbonyl (C=O) groups excluding carboxylic acids is 1. The molecule has 0 amide bonds. The van der Waals surface area contributed by atoms with Gasteiger partial charge in [-0.15, -0.1) is 0 Å². The van der Waals surface area contributed by atoms with Gasteiger partial charge in [0, 0.05) is 42.9 Å². The molecule has 5 nitrogen and oxygen atoms in total. The van der Waals surface area contributed by atoms with E-state index in [0.29, 0.717) is 24.2 Å². The molecule has 2 aliphatic rings. The highest BCUT2D eigenvalue weighted by molar-refractivity contribution is 6.03. The molecule has 0 radical (unpaired) electrons. The minimum Gasteiger partial charge on any atom is -0.459 e. The van der Waals surface area contributed by atoms with Gasteiger partial charge in [-0.2, -0.15) is 0 Å². The summed E-state index contributed by atoms with van der Waals surface area (Å²) in [5, 5.41) is 0.793. The van der Waals surface area contributed by atoms with E-state index in [-0.39, 0.29) is 17.6 Å². The van der Waals surface area contributed by atoms with Crippen LogP contribution >= 0.6 is 0 Å². The number of fused-ring (bicyclic) bond motifs is 3. The number of benzene rings is 1. The molecule has 138 valence electrons. The Bertz CT molecular complexity index is 874. The SMILES string of the molecule is CCCn1c(=O)cc(C(=O)OC2CC3CCC(C2)N3C)c2ccccc21. The van der Waals surface area contributed by atoms with Crippen LogP contribution in [-0.4, -0.2) is 40.7 Å². The Hall–Kier alpha value is -2.14. The third kappa shape index (κ3) is 2.94. The molecule has 4 rings (SSSR count). The summed E-state index contributed by atoms with van der Waals surface area (Å²) in [6.45, 7) is 2.69. The maximum Gasteiger partial charge on any atom is 0.339 e. The topological polar surface area (TPSA) is 51.5 Å². The molecule has 2 saturated heterocycles. The molecule has 3 heterocycles. The highest BCUT2D eigenvalue weighted by Crippen LogP contribution is 2.35. The Morgan fingerprint density at radius 3 is 2.58 bits per heavy atom. The Morgan fingerprint density at radius 2 is 1.88 bits per heavy atom. The molecule has 2 unspecified atom stereocenters. The lowest BCUT2D eigenvalue weighted by molar-refractivity contribution is -0.000287. The van der Waals surface area contributed by atoms with E-state index in [0.717, 1.165) is 30.2 Å². The fourth-order valence-electron chi connectivity index (χ4n) is 4.63. The second kappa shape index (κ2) is 6.88. The fourth-order valence-corrected chi connectivity index (χ4v) is 4.63. The number of piperidine rings is 1. The Morgan fingerprint density at radius 1 is 1.19 bits per heavy atom. The van der Waals surface area contributed by atoms with Crippen LogP contribution in [-0.2, 0) is 11.3 Å². The zero-order valence-corrected chi connectivity index (χ0v) is 15.5. The normalized spacial score (nSPS) is 25.5. The summed E-state index contributed by atoms with van der Waals surface area (Å²) in [4.78, 5) is 27.8. The van der Waals surface area contributed by atoms with Gasteiger partial charge in [0.1, 0.15) is 6.10 Å². The van der Waals surface area contributed by atoms with E-state index in [1.807, 2.05) is 31.2 Å². The lowest BCUT2D eigenvalue weighted by Gasteiger charge is -2.35. The molecule has 2 aliphatic heterocycles. The maximum absolute atomic E-state index is 12.9. The number of aryl methyl sites for hydroxylation is 1. The van der Waals surface area contributed by atoms with Crippen molar-refractivity contribution in [3.8, 4) is 0 Å². The molecule has 2 bridgehead atoms. The molecule has 0 saturated carbocycles. The summed E-state index contributed by atoms with van der Waals surface area (Å²) >= 11 is 0. The lowest BCUT2D eigenvalue weighted by Crippen LogP contribution is -2.43. The van der Waals surface area contributed by atoms with Crippen molar-refractivity contribution in [1.29, 1.82) is 0 Å². The summed E-state index contributed by atoms with van der Waals surface area (Å²) in [7, 11) is 2.17. The minimum absolute atomic E-state index is 0.0481. The van der Waals surface area contributed by atoms with Gasteiger partial charge in [-0.3, -0.25) is 4.79 Å². The van der Waals surface area contributed by atoms with Gasteiger partial charge in [0.25, 0.3) is 5.56 Å². The quantitative estimate of drug-likeness (QED) is 0.791. The Labute approximate surface area is 153 Å². The number of ether oxygens (including phenoxy) is 1. The summed E-state index contributed by atoms with van der Waals surface area (Å²) in [5.41, 5.74) is 1.06. The molecule has 26 heavy (non-hydrogen) atoms. The van der Waals surface area contributed by atoms with Crippen molar-refractivity contribution in [2.24, 2.45) is 0 Å². The summed E-state index contributed by atoms with van der Waals surface area (Å²) in [6, 6.07) is 10.1. The molecular formula is C21H26N2O3. The zero-order chi connectivity index (χ0) is 18.3. The van der Waals surface area contributed by atoms with Crippen LogP contribution in [0.5, 0.6) is 0 Å². The first-order valence-electron chi connectivity index (χ1n) is 9.64. The molecule has 1 aromatic heterocycles. The number of rotatable bonds is 4. The lowest BCUT2D eigenvalue weighted by atomic mass is 10.0. The summed E-state index contributed by atoms with van der Waals surface area (Å²) in [5.74, 6) is -0.365. The third-order valence-electron chi connectivity index (χ3n) is 6.01. The third-order valence-corrected chi connectivity index (χ3v) is 6.01. The highest BCUT2D eigenvalue weighted by Gasteiger charge is 2.40. The average Bonchev–Trinajstić information content (AvgIpc) is 2.84. The van der Waals surface area contributed by atoms with Crippen molar-refractivity contribution >= 4 is 16.9 Å². The van der Waals surface area contributed by atoms with E-state index in [2.05, 4.69) is 11.9 Å².